The van der Waals surface area contributed by atoms with Gasteiger partial charge in [0.25, 0.3) is 5.91 Å². The van der Waals surface area contributed by atoms with Gasteiger partial charge in [-0.25, -0.2) is 14.2 Å². The quantitative estimate of drug-likeness (QED) is 0.492. The fraction of sp³-hybridized carbons (Fsp3) is 0.348. The number of amides is 1. The third kappa shape index (κ3) is 4.77. The molecule has 4 aliphatic heterocycles. The van der Waals surface area contributed by atoms with Gasteiger partial charge in [0.2, 0.25) is 0 Å². The number of allylic oxidation sites excluding steroid dienone is 2. The highest BCUT2D eigenvalue weighted by Gasteiger charge is 2.33. The molecule has 3 unspecified atom stereocenters. The maximum Gasteiger partial charge on any atom is 0.276 e. The van der Waals surface area contributed by atoms with Gasteiger partial charge < -0.3 is 20.7 Å². The zero-order chi connectivity index (χ0) is 22.8. The Hall–Kier alpha value is -3.21. The van der Waals surface area contributed by atoms with E-state index in [1.807, 2.05) is 24.3 Å². The van der Waals surface area contributed by atoms with E-state index in [-0.39, 0.29) is 18.1 Å². The maximum absolute atomic E-state index is 13.7. The smallest absolute Gasteiger partial charge is 0.276 e. The molecule has 0 aromatic heterocycles. The summed E-state index contributed by atoms with van der Waals surface area (Å²) in [6.07, 6.45) is 10.9. The van der Waals surface area contributed by atoms with Crippen molar-refractivity contribution in [3.05, 3.63) is 83.5 Å². The molecule has 1 aromatic carbocycles. The van der Waals surface area contributed by atoms with Crippen LogP contribution in [0, 0.1) is 11.6 Å². The lowest BCUT2D eigenvalue weighted by molar-refractivity contribution is -0.119. The standard InChI is InChI=1S/C23H26F2N6O2/c24-17-5-4-15(12-18(17)25)19-6-7-22-26-13-20(31(22)29-19)23(32)28-21-3-1-2-16(27-21)14-30-8-10-33-11-9-30/h1-7,12-13,16,19,22,26-27,29H,8-11,14H2,(H,28,32). The number of ether oxygens (including phenoxy) is 1. The molecular weight excluding hydrogens is 430 g/mol. The van der Waals surface area contributed by atoms with Gasteiger partial charge in [0.1, 0.15) is 17.7 Å². The van der Waals surface area contributed by atoms with Gasteiger partial charge in [-0.15, -0.1) is 0 Å². The Kier molecular flexibility index (Phi) is 6.12. The predicted molar refractivity (Wildman–Crippen MR) is 118 cm³/mol. The first-order valence-electron chi connectivity index (χ1n) is 11.0. The summed E-state index contributed by atoms with van der Waals surface area (Å²) >= 11 is 0. The maximum atomic E-state index is 13.7. The summed E-state index contributed by atoms with van der Waals surface area (Å²) in [5.41, 5.74) is 4.15. The summed E-state index contributed by atoms with van der Waals surface area (Å²) in [6.45, 7) is 4.09. The van der Waals surface area contributed by atoms with Crippen LogP contribution in [0.3, 0.4) is 0 Å². The highest BCUT2D eigenvalue weighted by molar-refractivity contribution is 5.94. The Morgan fingerprint density at radius 3 is 2.82 bits per heavy atom. The first kappa shape index (κ1) is 21.6. The molecule has 10 heteroatoms. The zero-order valence-corrected chi connectivity index (χ0v) is 17.9. The van der Waals surface area contributed by atoms with Gasteiger partial charge in [0.15, 0.2) is 11.6 Å². The summed E-state index contributed by atoms with van der Waals surface area (Å²) in [5.74, 6) is -1.48. The van der Waals surface area contributed by atoms with Crippen LogP contribution < -0.4 is 21.4 Å². The van der Waals surface area contributed by atoms with Crippen LogP contribution in [0.4, 0.5) is 8.78 Å². The molecule has 1 saturated heterocycles. The Balaban J connectivity index is 1.20. The van der Waals surface area contributed by atoms with Crippen molar-refractivity contribution >= 4 is 5.91 Å². The van der Waals surface area contributed by atoms with Crippen LogP contribution in [0.15, 0.2) is 66.3 Å². The molecule has 3 atom stereocenters. The van der Waals surface area contributed by atoms with Crippen molar-refractivity contribution in [2.24, 2.45) is 0 Å². The summed E-state index contributed by atoms with van der Waals surface area (Å²) < 4.78 is 32.4. The Labute approximate surface area is 190 Å². The Bertz CT molecular complexity index is 1030. The molecule has 4 aliphatic rings. The average molecular weight is 456 g/mol. The van der Waals surface area contributed by atoms with Crippen LogP contribution in [-0.4, -0.2) is 60.9 Å². The van der Waals surface area contributed by atoms with Gasteiger partial charge in [-0.3, -0.25) is 14.7 Å². The number of nitrogens with one attached hydrogen (secondary N) is 4. The van der Waals surface area contributed by atoms with Crippen LogP contribution >= 0.6 is 0 Å². The number of benzene rings is 1. The molecule has 5 rings (SSSR count). The first-order valence-corrected chi connectivity index (χ1v) is 11.0. The number of carbonyl (C=O) groups is 1. The molecule has 33 heavy (non-hydrogen) atoms. The summed E-state index contributed by atoms with van der Waals surface area (Å²) in [7, 11) is 0. The molecule has 0 bridgehead atoms. The first-order chi connectivity index (χ1) is 16.1. The molecule has 8 nitrogen and oxygen atoms in total. The van der Waals surface area contributed by atoms with E-state index < -0.39 is 17.7 Å². The number of hydrogen-bond donors (Lipinski definition) is 4. The minimum absolute atomic E-state index is 0.0839. The van der Waals surface area contributed by atoms with E-state index in [4.69, 9.17) is 4.74 Å². The largest absolute Gasteiger partial charge is 0.379 e. The lowest BCUT2D eigenvalue weighted by Crippen LogP contribution is -2.52. The van der Waals surface area contributed by atoms with Crippen molar-refractivity contribution in [3.63, 3.8) is 0 Å². The van der Waals surface area contributed by atoms with E-state index in [1.165, 1.54) is 6.07 Å². The molecule has 0 aliphatic carbocycles. The van der Waals surface area contributed by atoms with E-state index in [0.717, 1.165) is 45.0 Å². The van der Waals surface area contributed by atoms with Gasteiger partial charge in [-0.05, 0) is 29.8 Å². The molecule has 0 spiro atoms. The number of nitrogens with zero attached hydrogens (tertiary/aromatic N) is 2. The number of rotatable bonds is 5. The molecule has 0 saturated carbocycles. The van der Waals surface area contributed by atoms with Crippen LogP contribution in [-0.2, 0) is 9.53 Å². The number of carbonyl (C=O) groups excluding carboxylic acids is 1. The molecule has 1 fully saturated rings. The minimum atomic E-state index is -0.909. The number of morpholine rings is 1. The Morgan fingerprint density at radius 1 is 1.15 bits per heavy atom. The third-order valence-corrected chi connectivity index (χ3v) is 5.98. The number of dihydropyridines is 1. The molecule has 0 radical (unpaired) electrons. The molecule has 1 amide bonds. The number of hydrogen-bond acceptors (Lipinski definition) is 7. The van der Waals surface area contributed by atoms with Crippen LogP contribution in [0.5, 0.6) is 0 Å². The average Bonchev–Trinajstić information content (AvgIpc) is 3.25. The SMILES string of the molecule is O=C(NC1=CC=CC(CN2CCOCC2)N1)C1=CNC2C=CC(c3ccc(F)c(F)c3)NN12. The second kappa shape index (κ2) is 9.34. The van der Waals surface area contributed by atoms with Gasteiger partial charge >= 0.3 is 0 Å². The van der Waals surface area contributed by atoms with Crippen molar-refractivity contribution in [2.45, 2.75) is 18.2 Å². The van der Waals surface area contributed by atoms with E-state index in [0.29, 0.717) is 17.1 Å². The number of halogens is 2. The highest BCUT2D eigenvalue weighted by Crippen LogP contribution is 2.26. The van der Waals surface area contributed by atoms with Gasteiger partial charge in [0, 0.05) is 25.8 Å². The monoisotopic (exact) mass is 456 g/mol. The van der Waals surface area contributed by atoms with Crippen LogP contribution in [0.2, 0.25) is 0 Å². The summed E-state index contributed by atoms with van der Waals surface area (Å²) in [5, 5.41) is 11.1. The predicted octanol–water partition coefficient (Wildman–Crippen LogP) is 0.971. The van der Waals surface area contributed by atoms with Crippen molar-refractivity contribution < 1.29 is 18.3 Å². The third-order valence-electron chi connectivity index (χ3n) is 5.98. The molecular formula is C23H26F2N6O2. The van der Waals surface area contributed by atoms with E-state index >= 15 is 0 Å². The summed E-state index contributed by atoms with van der Waals surface area (Å²) in [4.78, 5) is 15.4. The van der Waals surface area contributed by atoms with E-state index in [2.05, 4.69) is 32.4 Å². The van der Waals surface area contributed by atoms with Gasteiger partial charge in [-0.2, -0.15) is 0 Å². The molecule has 174 valence electrons. The Morgan fingerprint density at radius 2 is 2.00 bits per heavy atom. The lowest BCUT2D eigenvalue weighted by Gasteiger charge is -2.35. The molecule has 4 N–H and O–H groups in total. The fourth-order valence-corrected chi connectivity index (χ4v) is 4.24. The van der Waals surface area contributed by atoms with Gasteiger partial charge in [-0.1, -0.05) is 24.3 Å². The second-order valence-electron chi connectivity index (χ2n) is 8.26. The molecule has 4 heterocycles. The zero-order valence-electron chi connectivity index (χ0n) is 17.9. The number of hydrazine groups is 1. The van der Waals surface area contributed by atoms with Crippen molar-refractivity contribution in [2.75, 3.05) is 32.8 Å². The van der Waals surface area contributed by atoms with Crippen LogP contribution in [0.25, 0.3) is 0 Å². The van der Waals surface area contributed by atoms with Crippen molar-refractivity contribution in [1.29, 1.82) is 0 Å². The van der Waals surface area contributed by atoms with Crippen molar-refractivity contribution in [1.82, 2.24) is 31.3 Å². The lowest BCUT2D eigenvalue weighted by atomic mass is 10.0. The second-order valence-corrected chi connectivity index (χ2v) is 8.26. The normalized spacial score (nSPS) is 26.7. The topological polar surface area (TPSA) is 80.9 Å². The molecule has 1 aromatic rings. The highest BCUT2D eigenvalue weighted by atomic mass is 19.2. The fourth-order valence-electron chi connectivity index (χ4n) is 4.24. The van der Waals surface area contributed by atoms with Crippen molar-refractivity contribution in [3.8, 4) is 0 Å². The van der Waals surface area contributed by atoms with Gasteiger partial charge in [0.05, 0.1) is 25.3 Å². The van der Waals surface area contributed by atoms with E-state index in [1.54, 1.807) is 11.2 Å². The van der Waals surface area contributed by atoms with Crippen LogP contribution in [0.1, 0.15) is 11.6 Å². The summed E-state index contributed by atoms with van der Waals surface area (Å²) in [6, 6.07) is 3.45. The van der Waals surface area contributed by atoms with E-state index in [9.17, 15) is 13.6 Å². The minimum Gasteiger partial charge on any atom is -0.379 e. The number of fused-ring (bicyclic) bond motifs is 1.